The van der Waals surface area contributed by atoms with Gasteiger partial charge in [-0.15, -0.1) is 0 Å². The van der Waals surface area contributed by atoms with Crippen LogP contribution in [0, 0.1) is 0 Å². The Labute approximate surface area is 109 Å². The van der Waals surface area contributed by atoms with Gasteiger partial charge in [0.15, 0.2) is 0 Å². The quantitative estimate of drug-likeness (QED) is 0.890. The second-order valence-corrected chi connectivity index (χ2v) is 5.91. The van der Waals surface area contributed by atoms with Crippen molar-refractivity contribution < 1.29 is 17.9 Å². The zero-order valence-electron chi connectivity index (χ0n) is 9.51. The largest absolute Gasteiger partial charge is 0.490 e. The molecule has 0 saturated heterocycles. The molecule has 1 atom stereocenters. The van der Waals surface area contributed by atoms with Crippen molar-refractivity contribution in [3.05, 3.63) is 22.7 Å². The molecule has 1 unspecified atom stereocenters. The van der Waals surface area contributed by atoms with Gasteiger partial charge in [-0.3, -0.25) is 0 Å². The smallest absolute Gasteiger partial charge is 0.238 e. The summed E-state index contributed by atoms with van der Waals surface area (Å²) in [4.78, 5) is 0.0384. The number of benzene rings is 1. The molecule has 0 bridgehead atoms. The van der Waals surface area contributed by atoms with Crippen molar-refractivity contribution in [1.29, 1.82) is 0 Å². The standard InChI is InChI=1S/C10H14BrNO4S/c1-7(15-2)6-16-10-4-3-8(5-9(10)11)17(12,13)14/h3-5,7H,6H2,1-2H3,(H2,12,13,14). The van der Waals surface area contributed by atoms with Crippen LogP contribution in [0.2, 0.25) is 0 Å². The first-order chi connectivity index (χ1) is 7.84. The van der Waals surface area contributed by atoms with Crippen molar-refractivity contribution in [3.63, 3.8) is 0 Å². The van der Waals surface area contributed by atoms with E-state index >= 15 is 0 Å². The molecule has 5 nitrogen and oxygen atoms in total. The van der Waals surface area contributed by atoms with Crippen LogP contribution in [-0.2, 0) is 14.8 Å². The third-order valence-electron chi connectivity index (χ3n) is 2.11. The maximum absolute atomic E-state index is 11.1. The molecule has 1 rings (SSSR count). The van der Waals surface area contributed by atoms with E-state index in [4.69, 9.17) is 14.6 Å². The monoisotopic (exact) mass is 323 g/mol. The van der Waals surface area contributed by atoms with E-state index in [1.54, 1.807) is 13.2 Å². The van der Waals surface area contributed by atoms with Crippen LogP contribution in [0.25, 0.3) is 0 Å². The van der Waals surface area contributed by atoms with Crippen LogP contribution in [0.5, 0.6) is 5.75 Å². The fourth-order valence-corrected chi connectivity index (χ4v) is 2.24. The molecule has 0 aliphatic rings. The molecule has 1 aromatic carbocycles. The highest BCUT2D eigenvalue weighted by atomic mass is 79.9. The van der Waals surface area contributed by atoms with Gasteiger partial charge in [-0.2, -0.15) is 0 Å². The molecule has 17 heavy (non-hydrogen) atoms. The summed E-state index contributed by atoms with van der Waals surface area (Å²) in [5.74, 6) is 0.543. The van der Waals surface area contributed by atoms with E-state index in [1.807, 2.05) is 6.92 Å². The maximum atomic E-state index is 11.1. The predicted octanol–water partition coefficient (Wildman–Crippen LogP) is 1.51. The fraction of sp³-hybridized carbons (Fsp3) is 0.400. The third kappa shape index (κ3) is 4.27. The Morgan fingerprint density at radius 1 is 1.47 bits per heavy atom. The summed E-state index contributed by atoms with van der Waals surface area (Å²) in [6.07, 6.45) is -0.0418. The zero-order chi connectivity index (χ0) is 13.1. The number of rotatable bonds is 5. The molecule has 7 heteroatoms. The minimum atomic E-state index is -3.69. The lowest BCUT2D eigenvalue weighted by molar-refractivity contribution is 0.0714. The minimum Gasteiger partial charge on any atom is -0.490 e. The van der Waals surface area contributed by atoms with Crippen molar-refractivity contribution >= 4 is 26.0 Å². The van der Waals surface area contributed by atoms with Crippen LogP contribution in [0.3, 0.4) is 0 Å². The van der Waals surface area contributed by atoms with Gasteiger partial charge in [0.05, 0.1) is 15.5 Å². The van der Waals surface area contributed by atoms with E-state index in [0.29, 0.717) is 16.8 Å². The number of nitrogens with two attached hydrogens (primary N) is 1. The maximum Gasteiger partial charge on any atom is 0.238 e. The Morgan fingerprint density at radius 3 is 2.59 bits per heavy atom. The molecule has 0 aliphatic heterocycles. The Bertz CT molecular complexity index is 489. The van der Waals surface area contributed by atoms with E-state index < -0.39 is 10.0 Å². The third-order valence-corrected chi connectivity index (χ3v) is 3.64. The van der Waals surface area contributed by atoms with Gasteiger partial charge in [-0.25, -0.2) is 13.6 Å². The van der Waals surface area contributed by atoms with Crippen LogP contribution < -0.4 is 9.88 Å². The van der Waals surface area contributed by atoms with Gasteiger partial charge in [0.25, 0.3) is 0 Å². The Hall–Kier alpha value is -0.630. The Balaban J connectivity index is 2.84. The lowest BCUT2D eigenvalue weighted by Crippen LogP contribution is -2.16. The average Bonchev–Trinajstić information content (AvgIpc) is 2.25. The van der Waals surface area contributed by atoms with Gasteiger partial charge in [0, 0.05) is 7.11 Å². The Kier molecular flexibility index (Phi) is 4.93. The topological polar surface area (TPSA) is 78.6 Å². The lowest BCUT2D eigenvalue weighted by atomic mass is 10.3. The SMILES string of the molecule is COC(C)COc1ccc(S(N)(=O)=O)cc1Br. The summed E-state index contributed by atoms with van der Waals surface area (Å²) >= 11 is 3.23. The van der Waals surface area contributed by atoms with E-state index in [-0.39, 0.29) is 11.0 Å². The number of ether oxygens (including phenoxy) is 2. The van der Waals surface area contributed by atoms with Crippen molar-refractivity contribution in [2.75, 3.05) is 13.7 Å². The summed E-state index contributed by atoms with van der Waals surface area (Å²) in [6, 6.07) is 4.35. The molecule has 1 aromatic rings. The molecular weight excluding hydrogens is 310 g/mol. The minimum absolute atomic E-state index is 0.0384. The highest BCUT2D eigenvalue weighted by Crippen LogP contribution is 2.27. The van der Waals surface area contributed by atoms with Gasteiger partial charge >= 0.3 is 0 Å². The van der Waals surface area contributed by atoms with Crippen LogP contribution in [-0.4, -0.2) is 28.2 Å². The van der Waals surface area contributed by atoms with E-state index in [2.05, 4.69) is 15.9 Å². The van der Waals surface area contributed by atoms with Crippen molar-refractivity contribution in [2.45, 2.75) is 17.9 Å². The van der Waals surface area contributed by atoms with Crippen molar-refractivity contribution in [1.82, 2.24) is 0 Å². The second-order valence-electron chi connectivity index (χ2n) is 3.49. The molecule has 96 valence electrons. The number of hydrogen-bond donors (Lipinski definition) is 1. The first-order valence-corrected chi connectivity index (χ1v) is 7.16. The van der Waals surface area contributed by atoms with Crippen LogP contribution in [0.1, 0.15) is 6.92 Å². The van der Waals surface area contributed by atoms with Gasteiger partial charge in [0.1, 0.15) is 12.4 Å². The average molecular weight is 324 g/mol. The normalized spacial score (nSPS) is 13.4. The number of methoxy groups -OCH3 is 1. The summed E-state index contributed by atoms with van der Waals surface area (Å²) in [6.45, 7) is 2.25. The van der Waals surface area contributed by atoms with E-state index in [1.165, 1.54) is 12.1 Å². The molecule has 0 heterocycles. The van der Waals surface area contributed by atoms with Gasteiger partial charge in [0.2, 0.25) is 10.0 Å². The van der Waals surface area contributed by atoms with Crippen molar-refractivity contribution in [3.8, 4) is 5.75 Å². The molecule has 0 spiro atoms. The van der Waals surface area contributed by atoms with Gasteiger partial charge in [-0.1, -0.05) is 0 Å². The van der Waals surface area contributed by atoms with Crippen molar-refractivity contribution in [2.24, 2.45) is 5.14 Å². The molecule has 0 fully saturated rings. The summed E-state index contributed by atoms with van der Waals surface area (Å²) in [5.41, 5.74) is 0. The Morgan fingerprint density at radius 2 is 2.12 bits per heavy atom. The van der Waals surface area contributed by atoms with E-state index in [0.717, 1.165) is 0 Å². The van der Waals surface area contributed by atoms with Crippen LogP contribution in [0.15, 0.2) is 27.6 Å². The number of halogens is 1. The highest BCUT2D eigenvalue weighted by Gasteiger charge is 2.11. The summed E-state index contributed by atoms with van der Waals surface area (Å²) in [5, 5.41) is 5.01. The van der Waals surface area contributed by atoms with Gasteiger partial charge < -0.3 is 9.47 Å². The highest BCUT2D eigenvalue weighted by molar-refractivity contribution is 9.10. The van der Waals surface area contributed by atoms with Gasteiger partial charge in [-0.05, 0) is 41.1 Å². The number of hydrogen-bond acceptors (Lipinski definition) is 4. The first kappa shape index (κ1) is 14.4. The lowest BCUT2D eigenvalue weighted by Gasteiger charge is -2.13. The molecule has 0 aliphatic carbocycles. The van der Waals surface area contributed by atoms with Crippen LogP contribution in [0.4, 0.5) is 0 Å². The predicted molar refractivity (Wildman–Crippen MR) is 67.5 cm³/mol. The molecule has 0 saturated carbocycles. The summed E-state index contributed by atoms with van der Waals surface area (Å²) in [7, 11) is -2.10. The summed E-state index contributed by atoms with van der Waals surface area (Å²) < 4.78 is 33.2. The number of sulfonamides is 1. The zero-order valence-corrected chi connectivity index (χ0v) is 11.9. The molecule has 0 aromatic heterocycles. The first-order valence-electron chi connectivity index (χ1n) is 4.82. The molecule has 0 radical (unpaired) electrons. The molecule has 2 N–H and O–H groups in total. The molecule has 0 amide bonds. The second kappa shape index (κ2) is 5.81. The van der Waals surface area contributed by atoms with E-state index in [9.17, 15) is 8.42 Å². The fourth-order valence-electron chi connectivity index (χ4n) is 1.05. The number of primary sulfonamides is 1. The molecular formula is C10H14BrNO4S. The van der Waals surface area contributed by atoms with Crippen LogP contribution >= 0.6 is 15.9 Å².